The smallest absolute Gasteiger partial charge is 0.313 e. The van der Waals surface area contributed by atoms with Gasteiger partial charge in [-0.2, -0.15) is 0 Å². The van der Waals surface area contributed by atoms with Gasteiger partial charge >= 0.3 is 5.97 Å². The molecule has 1 aromatic rings. The van der Waals surface area contributed by atoms with E-state index in [1.54, 1.807) is 18.5 Å². The first-order valence-corrected chi connectivity index (χ1v) is 4.97. The second kappa shape index (κ2) is 5.89. The monoisotopic (exact) mass is 246 g/mol. The maximum absolute atomic E-state index is 11.2. The highest BCUT2D eigenvalue weighted by Gasteiger charge is 2.32. The summed E-state index contributed by atoms with van der Waals surface area (Å²) in [6.07, 6.45) is 3.14. The fourth-order valence-electron chi connectivity index (χ4n) is 1.85. The quantitative estimate of drug-likeness (QED) is 0.730. The molecular weight excluding hydrogens is 232 g/mol. The van der Waals surface area contributed by atoms with Gasteiger partial charge in [0.1, 0.15) is 5.92 Å². The number of aromatic nitrogens is 1. The van der Waals surface area contributed by atoms with Crippen LogP contribution in [0.25, 0.3) is 0 Å². The Morgan fingerprint density at radius 3 is 2.94 bits per heavy atom. The zero-order valence-corrected chi connectivity index (χ0v) is 9.50. The molecule has 1 aromatic heterocycles. The highest BCUT2D eigenvalue weighted by Crippen LogP contribution is 2.22. The van der Waals surface area contributed by atoms with E-state index in [1.165, 1.54) is 0 Å². The first-order valence-electron chi connectivity index (χ1n) is 4.97. The van der Waals surface area contributed by atoms with Crippen LogP contribution in [0.4, 0.5) is 0 Å². The molecule has 0 bridgehead atoms. The van der Waals surface area contributed by atoms with Crippen LogP contribution in [0.5, 0.6) is 0 Å². The van der Waals surface area contributed by atoms with Crippen molar-refractivity contribution in [2.75, 3.05) is 19.7 Å². The van der Waals surface area contributed by atoms with Crippen LogP contribution < -0.4 is 5.32 Å². The molecule has 1 aliphatic rings. The molecular formula is C10H15ClN2O3. The lowest BCUT2D eigenvalue weighted by atomic mass is 9.95. The summed E-state index contributed by atoms with van der Waals surface area (Å²) in [5, 5.41) is 12.3. The molecule has 16 heavy (non-hydrogen) atoms. The Kier molecular flexibility index (Phi) is 4.79. The van der Waals surface area contributed by atoms with Crippen LogP contribution in [0.3, 0.4) is 0 Å². The largest absolute Gasteiger partial charge is 0.481 e. The van der Waals surface area contributed by atoms with Crippen LogP contribution in [-0.4, -0.2) is 41.9 Å². The molecule has 2 atom stereocenters. The van der Waals surface area contributed by atoms with E-state index in [2.05, 4.69) is 10.3 Å². The number of H-pyrrole nitrogens is 1. The summed E-state index contributed by atoms with van der Waals surface area (Å²) in [5.41, 5.74) is 0.760. The average molecular weight is 247 g/mol. The number of morpholine rings is 1. The van der Waals surface area contributed by atoms with Crippen molar-refractivity contribution in [1.29, 1.82) is 0 Å². The maximum Gasteiger partial charge on any atom is 0.313 e. The molecule has 90 valence electrons. The van der Waals surface area contributed by atoms with Crippen LogP contribution >= 0.6 is 12.4 Å². The highest BCUT2D eigenvalue weighted by atomic mass is 35.5. The Morgan fingerprint density at radius 2 is 2.44 bits per heavy atom. The third kappa shape index (κ3) is 2.75. The lowest BCUT2D eigenvalue weighted by Crippen LogP contribution is -2.43. The predicted octanol–water partition coefficient (Wildman–Crippen LogP) is 0.593. The van der Waals surface area contributed by atoms with Crippen molar-refractivity contribution in [3.05, 3.63) is 24.0 Å². The minimum atomic E-state index is -0.844. The number of ether oxygens (including phenoxy) is 1. The van der Waals surface area contributed by atoms with E-state index in [0.29, 0.717) is 13.2 Å². The molecule has 2 heterocycles. The summed E-state index contributed by atoms with van der Waals surface area (Å²) in [4.78, 5) is 14.0. The van der Waals surface area contributed by atoms with Gasteiger partial charge in [0, 0.05) is 25.5 Å². The first kappa shape index (κ1) is 13.0. The molecule has 6 heteroatoms. The van der Waals surface area contributed by atoms with Crippen LogP contribution in [0, 0.1) is 0 Å². The molecule has 1 fully saturated rings. The number of hydrogen-bond donors (Lipinski definition) is 3. The molecule has 5 nitrogen and oxygen atoms in total. The van der Waals surface area contributed by atoms with E-state index >= 15 is 0 Å². The summed E-state index contributed by atoms with van der Waals surface area (Å²) < 4.78 is 5.47. The Hall–Kier alpha value is -1.04. The highest BCUT2D eigenvalue weighted by molar-refractivity contribution is 5.85. The Labute approximate surface area is 99.6 Å². The van der Waals surface area contributed by atoms with Gasteiger partial charge in [0.25, 0.3) is 0 Å². The van der Waals surface area contributed by atoms with E-state index < -0.39 is 11.9 Å². The fourth-order valence-corrected chi connectivity index (χ4v) is 1.85. The molecule has 1 saturated heterocycles. The maximum atomic E-state index is 11.2. The van der Waals surface area contributed by atoms with Crippen LogP contribution in [0.1, 0.15) is 11.5 Å². The average Bonchev–Trinajstić information content (AvgIpc) is 2.72. The molecule has 1 aliphatic heterocycles. The lowest BCUT2D eigenvalue weighted by molar-refractivity contribution is -0.143. The topological polar surface area (TPSA) is 74.3 Å². The number of hydrogen-bond acceptors (Lipinski definition) is 3. The van der Waals surface area contributed by atoms with Crippen molar-refractivity contribution in [3.63, 3.8) is 0 Å². The van der Waals surface area contributed by atoms with Crippen molar-refractivity contribution < 1.29 is 14.6 Å². The van der Waals surface area contributed by atoms with E-state index in [1.807, 2.05) is 0 Å². The molecule has 0 saturated carbocycles. The predicted molar refractivity (Wildman–Crippen MR) is 61.0 cm³/mol. The second-order valence-corrected chi connectivity index (χ2v) is 3.57. The van der Waals surface area contributed by atoms with Gasteiger partial charge in [-0.1, -0.05) is 0 Å². The third-order valence-corrected chi connectivity index (χ3v) is 2.58. The van der Waals surface area contributed by atoms with Crippen LogP contribution in [-0.2, 0) is 9.53 Å². The lowest BCUT2D eigenvalue weighted by Gasteiger charge is -2.28. The first-order chi connectivity index (χ1) is 7.29. The minimum absolute atomic E-state index is 0. The number of halogens is 1. The minimum Gasteiger partial charge on any atom is -0.481 e. The van der Waals surface area contributed by atoms with Gasteiger partial charge in [0.05, 0.1) is 12.7 Å². The molecule has 0 radical (unpaired) electrons. The Balaban J connectivity index is 0.00000128. The second-order valence-electron chi connectivity index (χ2n) is 3.57. The number of nitrogens with one attached hydrogen (secondary N) is 2. The number of aliphatic carboxylic acids is 1. The summed E-state index contributed by atoms with van der Waals surface area (Å²) in [6.45, 7) is 1.94. The van der Waals surface area contributed by atoms with Gasteiger partial charge in [0.2, 0.25) is 0 Å². The van der Waals surface area contributed by atoms with Crippen LogP contribution in [0.15, 0.2) is 18.5 Å². The third-order valence-electron chi connectivity index (χ3n) is 2.58. The van der Waals surface area contributed by atoms with Gasteiger partial charge in [-0.15, -0.1) is 12.4 Å². The summed E-state index contributed by atoms with van der Waals surface area (Å²) in [7, 11) is 0. The summed E-state index contributed by atoms with van der Waals surface area (Å²) in [5.74, 6) is -1.44. The normalized spacial score (nSPS) is 22.1. The molecule has 0 aliphatic carbocycles. The van der Waals surface area contributed by atoms with Crippen molar-refractivity contribution in [1.82, 2.24) is 10.3 Å². The van der Waals surface area contributed by atoms with Crippen molar-refractivity contribution in [2.45, 2.75) is 12.0 Å². The Bertz CT molecular complexity index is 323. The van der Waals surface area contributed by atoms with Crippen LogP contribution in [0.2, 0.25) is 0 Å². The SMILES string of the molecule is Cl.O=C(O)C(c1cc[nH]c1)C1CNCCO1. The van der Waals surface area contributed by atoms with Crippen molar-refractivity contribution in [3.8, 4) is 0 Å². The number of carboxylic acid groups (broad SMARTS) is 1. The Morgan fingerprint density at radius 1 is 1.62 bits per heavy atom. The molecule has 2 unspecified atom stereocenters. The van der Waals surface area contributed by atoms with Gasteiger partial charge in [-0.25, -0.2) is 0 Å². The van der Waals surface area contributed by atoms with Gasteiger partial charge in [-0.05, 0) is 11.6 Å². The number of carbonyl (C=O) groups is 1. The van der Waals surface area contributed by atoms with Gasteiger partial charge < -0.3 is 20.1 Å². The molecule has 0 aromatic carbocycles. The van der Waals surface area contributed by atoms with Gasteiger partial charge in [-0.3, -0.25) is 4.79 Å². The summed E-state index contributed by atoms with van der Waals surface area (Å²) >= 11 is 0. The number of carboxylic acids is 1. The summed E-state index contributed by atoms with van der Waals surface area (Å²) in [6, 6.07) is 1.77. The fraction of sp³-hybridized carbons (Fsp3) is 0.500. The van der Waals surface area contributed by atoms with Crippen molar-refractivity contribution in [2.24, 2.45) is 0 Å². The van der Waals surface area contributed by atoms with Crippen molar-refractivity contribution >= 4 is 18.4 Å². The molecule has 2 rings (SSSR count). The van der Waals surface area contributed by atoms with E-state index in [4.69, 9.17) is 4.74 Å². The zero-order valence-electron chi connectivity index (χ0n) is 8.68. The molecule has 3 N–H and O–H groups in total. The zero-order chi connectivity index (χ0) is 10.7. The molecule has 0 amide bonds. The van der Waals surface area contributed by atoms with E-state index in [9.17, 15) is 9.90 Å². The standard InChI is InChI=1S/C10H14N2O3.ClH/c13-10(14)9(7-1-2-11-5-7)8-6-12-3-4-15-8;/h1-2,5,8-9,11-12H,3-4,6H2,(H,13,14);1H. The van der Waals surface area contributed by atoms with E-state index in [-0.39, 0.29) is 18.5 Å². The molecule has 0 spiro atoms. The van der Waals surface area contributed by atoms with E-state index in [0.717, 1.165) is 12.1 Å². The number of rotatable bonds is 3. The number of aromatic amines is 1. The van der Waals surface area contributed by atoms with Gasteiger partial charge in [0.15, 0.2) is 0 Å².